The second kappa shape index (κ2) is 10.2. The van der Waals surface area contributed by atoms with Gasteiger partial charge in [-0.1, -0.05) is 6.07 Å². The van der Waals surface area contributed by atoms with Crippen molar-refractivity contribution in [3.63, 3.8) is 0 Å². The van der Waals surface area contributed by atoms with Gasteiger partial charge < -0.3 is 19.5 Å². The monoisotopic (exact) mass is 345 g/mol. The van der Waals surface area contributed by atoms with Crippen LogP contribution >= 0.6 is 15.9 Å². The summed E-state index contributed by atoms with van der Waals surface area (Å²) < 4.78 is 16.6. The Morgan fingerprint density at radius 1 is 1.20 bits per heavy atom. The van der Waals surface area contributed by atoms with E-state index in [1.165, 1.54) is 5.56 Å². The van der Waals surface area contributed by atoms with E-state index in [1.807, 2.05) is 6.07 Å². The minimum absolute atomic E-state index is 0.302. The second-order valence-corrected chi connectivity index (χ2v) is 5.38. The van der Waals surface area contributed by atoms with Gasteiger partial charge in [-0.15, -0.1) is 0 Å². The lowest BCUT2D eigenvalue weighted by molar-refractivity contribution is 0.0693. The summed E-state index contributed by atoms with van der Waals surface area (Å²) >= 11 is 3.51. The van der Waals surface area contributed by atoms with Gasteiger partial charge in [-0.3, -0.25) is 0 Å². The summed E-state index contributed by atoms with van der Waals surface area (Å²) in [6.45, 7) is 5.16. The Labute approximate surface area is 129 Å². The summed E-state index contributed by atoms with van der Waals surface area (Å²) in [7, 11) is 3.35. The smallest absolute Gasteiger partial charge is 0.133 e. The van der Waals surface area contributed by atoms with Crippen molar-refractivity contribution in [2.45, 2.75) is 19.4 Å². The number of hydrogen-bond donors (Lipinski definition) is 1. The quantitative estimate of drug-likeness (QED) is 0.661. The van der Waals surface area contributed by atoms with Crippen LogP contribution in [0.3, 0.4) is 0 Å². The fourth-order valence-electron chi connectivity index (χ4n) is 1.81. The molecule has 1 aromatic carbocycles. The molecule has 1 unspecified atom stereocenters. The lowest BCUT2D eigenvalue weighted by atomic mass is 10.1. The maximum atomic E-state index is 5.42. The largest absolute Gasteiger partial charge is 0.496 e. The molecule has 1 aromatic rings. The molecular formula is C15H24BrNO3. The number of nitrogens with one attached hydrogen (secondary N) is 1. The Kier molecular flexibility index (Phi) is 8.85. The number of methoxy groups -OCH3 is 2. The lowest BCUT2D eigenvalue weighted by Crippen LogP contribution is -2.21. The van der Waals surface area contributed by atoms with Crippen LogP contribution in [0, 0.1) is 0 Å². The van der Waals surface area contributed by atoms with Crippen molar-refractivity contribution < 1.29 is 14.2 Å². The van der Waals surface area contributed by atoms with Gasteiger partial charge in [-0.2, -0.15) is 0 Å². The zero-order valence-corrected chi connectivity index (χ0v) is 14.0. The summed E-state index contributed by atoms with van der Waals surface area (Å²) in [5, 5.41) is 3.48. The molecule has 114 valence electrons. The Hall–Kier alpha value is -0.620. The fourth-order valence-corrected chi connectivity index (χ4v) is 2.37. The predicted octanol–water partition coefficient (Wildman–Crippen LogP) is 3.16. The highest BCUT2D eigenvalue weighted by Crippen LogP contribution is 2.27. The van der Waals surface area contributed by atoms with Crippen LogP contribution in [0.15, 0.2) is 22.7 Å². The fraction of sp³-hybridized carbons (Fsp3) is 0.600. The summed E-state index contributed by atoms with van der Waals surface area (Å²) in [5.41, 5.74) is 1.23. The number of rotatable bonds is 10. The van der Waals surface area contributed by atoms with Gasteiger partial charge in [0.25, 0.3) is 0 Å². The zero-order valence-electron chi connectivity index (χ0n) is 12.4. The van der Waals surface area contributed by atoms with Gasteiger partial charge in [0.1, 0.15) is 5.75 Å². The number of hydrogen-bond acceptors (Lipinski definition) is 4. The maximum Gasteiger partial charge on any atom is 0.133 e. The van der Waals surface area contributed by atoms with Crippen molar-refractivity contribution in [1.82, 2.24) is 5.32 Å². The van der Waals surface area contributed by atoms with Crippen LogP contribution in [0.4, 0.5) is 0 Å². The molecule has 0 heterocycles. The number of ether oxygens (including phenoxy) is 3. The maximum absolute atomic E-state index is 5.42. The van der Waals surface area contributed by atoms with Crippen LogP contribution in [0.25, 0.3) is 0 Å². The molecule has 1 atom stereocenters. The molecule has 0 saturated heterocycles. The van der Waals surface area contributed by atoms with E-state index >= 15 is 0 Å². The van der Waals surface area contributed by atoms with Crippen LogP contribution in [0.2, 0.25) is 0 Å². The van der Waals surface area contributed by atoms with Crippen LogP contribution in [0.5, 0.6) is 5.75 Å². The molecule has 1 N–H and O–H groups in total. The molecule has 1 rings (SSSR count). The Morgan fingerprint density at radius 2 is 2.00 bits per heavy atom. The Morgan fingerprint density at radius 3 is 2.65 bits per heavy atom. The molecule has 0 radical (unpaired) electrons. The SMILES string of the molecule is COCCOCCCNC(C)c1ccc(OC)c(Br)c1. The Balaban J connectivity index is 2.25. The minimum Gasteiger partial charge on any atom is -0.496 e. The molecular weight excluding hydrogens is 322 g/mol. The first kappa shape index (κ1) is 17.4. The first-order valence-corrected chi connectivity index (χ1v) is 7.61. The lowest BCUT2D eigenvalue weighted by Gasteiger charge is -2.15. The van der Waals surface area contributed by atoms with E-state index < -0.39 is 0 Å². The van der Waals surface area contributed by atoms with Crippen LogP contribution in [0.1, 0.15) is 24.9 Å². The van der Waals surface area contributed by atoms with Crippen LogP contribution < -0.4 is 10.1 Å². The van der Waals surface area contributed by atoms with Gasteiger partial charge in [0.2, 0.25) is 0 Å². The summed E-state index contributed by atoms with van der Waals surface area (Å²) in [6.07, 6.45) is 0.991. The molecule has 0 spiro atoms. The normalized spacial score (nSPS) is 12.4. The molecule has 0 aliphatic heterocycles. The molecule has 0 aromatic heterocycles. The van der Waals surface area contributed by atoms with E-state index in [-0.39, 0.29) is 0 Å². The van der Waals surface area contributed by atoms with Gasteiger partial charge in [0.05, 0.1) is 24.8 Å². The first-order valence-electron chi connectivity index (χ1n) is 6.82. The molecule has 0 amide bonds. The molecule has 4 nitrogen and oxygen atoms in total. The molecule has 0 aliphatic carbocycles. The van der Waals surface area contributed by atoms with E-state index in [0.29, 0.717) is 19.3 Å². The van der Waals surface area contributed by atoms with Gasteiger partial charge in [0, 0.05) is 19.8 Å². The van der Waals surface area contributed by atoms with Crippen molar-refractivity contribution in [1.29, 1.82) is 0 Å². The first-order chi connectivity index (χ1) is 9.69. The van der Waals surface area contributed by atoms with Crippen molar-refractivity contribution in [3.05, 3.63) is 28.2 Å². The summed E-state index contributed by atoms with van der Waals surface area (Å²) in [5.74, 6) is 0.854. The Bertz CT molecular complexity index is 387. The van der Waals surface area contributed by atoms with Crippen LogP contribution in [-0.2, 0) is 9.47 Å². The van der Waals surface area contributed by atoms with Crippen molar-refractivity contribution >= 4 is 15.9 Å². The highest BCUT2D eigenvalue weighted by atomic mass is 79.9. The average Bonchev–Trinajstić information content (AvgIpc) is 2.46. The van der Waals surface area contributed by atoms with E-state index in [2.05, 4.69) is 40.3 Å². The topological polar surface area (TPSA) is 39.7 Å². The van der Waals surface area contributed by atoms with E-state index in [0.717, 1.165) is 29.8 Å². The molecule has 0 bridgehead atoms. The van der Waals surface area contributed by atoms with E-state index in [9.17, 15) is 0 Å². The average molecular weight is 346 g/mol. The molecule has 0 saturated carbocycles. The van der Waals surface area contributed by atoms with Crippen molar-refractivity contribution in [2.24, 2.45) is 0 Å². The van der Waals surface area contributed by atoms with Gasteiger partial charge >= 0.3 is 0 Å². The second-order valence-electron chi connectivity index (χ2n) is 4.53. The third-order valence-electron chi connectivity index (χ3n) is 3.02. The van der Waals surface area contributed by atoms with Crippen LogP contribution in [-0.4, -0.2) is 40.6 Å². The van der Waals surface area contributed by atoms with Gasteiger partial charge in [-0.05, 0) is 53.5 Å². The molecule has 0 aliphatic rings. The minimum atomic E-state index is 0.302. The molecule has 20 heavy (non-hydrogen) atoms. The third-order valence-corrected chi connectivity index (χ3v) is 3.64. The van der Waals surface area contributed by atoms with Gasteiger partial charge in [0.15, 0.2) is 0 Å². The summed E-state index contributed by atoms with van der Waals surface area (Å²) in [4.78, 5) is 0. The van der Waals surface area contributed by atoms with E-state index in [1.54, 1.807) is 14.2 Å². The summed E-state index contributed by atoms with van der Waals surface area (Å²) in [6, 6.07) is 6.45. The number of halogens is 1. The standard InChI is InChI=1S/C15H24BrNO3/c1-12(17-7-4-8-20-10-9-18-2)13-5-6-15(19-3)14(16)11-13/h5-6,11-12,17H,4,7-10H2,1-3H3. The number of benzene rings is 1. The highest BCUT2D eigenvalue weighted by Gasteiger charge is 2.07. The van der Waals surface area contributed by atoms with Crippen molar-refractivity contribution in [2.75, 3.05) is 40.6 Å². The predicted molar refractivity (Wildman–Crippen MR) is 84.4 cm³/mol. The van der Waals surface area contributed by atoms with Crippen molar-refractivity contribution in [3.8, 4) is 5.75 Å². The molecule has 5 heteroatoms. The van der Waals surface area contributed by atoms with E-state index in [4.69, 9.17) is 14.2 Å². The van der Waals surface area contributed by atoms with Gasteiger partial charge in [-0.25, -0.2) is 0 Å². The third kappa shape index (κ3) is 6.22. The molecule has 0 fully saturated rings. The highest BCUT2D eigenvalue weighted by molar-refractivity contribution is 9.10. The zero-order chi connectivity index (χ0) is 14.8.